The van der Waals surface area contributed by atoms with Crippen LogP contribution in [0.4, 0.5) is 5.82 Å². The summed E-state index contributed by atoms with van der Waals surface area (Å²) in [6.07, 6.45) is 0.956. The first kappa shape index (κ1) is 18.7. The number of anilines is 1. The molecule has 26 heavy (non-hydrogen) atoms. The van der Waals surface area contributed by atoms with E-state index in [0.717, 1.165) is 0 Å². The molecule has 1 aliphatic rings. The van der Waals surface area contributed by atoms with E-state index in [1.54, 1.807) is 0 Å². The largest absolute Gasteiger partial charge is 0.391 e. The highest BCUT2D eigenvalue weighted by Gasteiger charge is 2.44. The van der Waals surface area contributed by atoms with Crippen molar-refractivity contribution in [3.8, 4) is 0 Å². The highest BCUT2D eigenvalue weighted by molar-refractivity contribution is 7.98. The summed E-state index contributed by atoms with van der Waals surface area (Å²) in [5.74, 6) is 0.0812. The number of aliphatic hydroxyl groups excluding tert-OH is 3. The van der Waals surface area contributed by atoms with E-state index in [2.05, 4.69) is 26.8 Å². The molecule has 0 radical (unpaired) electrons. The lowest BCUT2D eigenvalue weighted by atomic mass is 10.1. The SMILES string of the molecule is C=C(CO)C(=O)Nc1ncnc2c1ncn2C1O[C@H](CSC)[C@@H](O)[C@H]1O. The zero-order chi connectivity index (χ0) is 18.8. The topological polar surface area (TPSA) is 143 Å². The number of nitrogens with one attached hydrogen (secondary N) is 1. The van der Waals surface area contributed by atoms with E-state index in [1.807, 2.05) is 6.26 Å². The van der Waals surface area contributed by atoms with Crippen LogP contribution in [0.3, 0.4) is 0 Å². The van der Waals surface area contributed by atoms with Crippen LogP contribution >= 0.6 is 11.8 Å². The van der Waals surface area contributed by atoms with Gasteiger partial charge in [-0.05, 0) is 6.26 Å². The van der Waals surface area contributed by atoms with E-state index in [0.29, 0.717) is 11.4 Å². The van der Waals surface area contributed by atoms with E-state index in [-0.39, 0.29) is 16.9 Å². The zero-order valence-corrected chi connectivity index (χ0v) is 14.8. The summed E-state index contributed by atoms with van der Waals surface area (Å²) in [6.45, 7) is 2.97. The maximum atomic E-state index is 11.9. The van der Waals surface area contributed by atoms with E-state index in [4.69, 9.17) is 9.84 Å². The second-order valence-corrected chi connectivity index (χ2v) is 6.67. The van der Waals surface area contributed by atoms with Crippen LogP contribution in [0.1, 0.15) is 6.23 Å². The standard InChI is InChI=1S/C15H19N5O5S/c1-7(3-21)14(24)19-12-9-13(17-5-16-12)20(6-18-9)15-11(23)10(22)8(25-15)4-26-2/h5-6,8,10-11,15,21-23H,1,3-4H2,2H3,(H,16,17,19,24)/t8-,10-,11-,15?/m1/s1. The predicted molar refractivity (Wildman–Crippen MR) is 94.5 cm³/mol. The summed E-state index contributed by atoms with van der Waals surface area (Å²) < 4.78 is 7.25. The second kappa shape index (κ2) is 7.68. The van der Waals surface area contributed by atoms with Crippen LogP contribution in [-0.2, 0) is 9.53 Å². The van der Waals surface area contributed by atoms with Crippen LogP contribution < -0.4 is 5.32 Å². The van der Waals surface area contributed by atoms with Crippen molar-refractivity contribution < 1.29 is 24.9 Å². The van der Waals surface area contributed by atoms with Crippen molar-refractivity contribution in [3.05, 3.63) is 24.8 Å². The minimum atomic E-state index is -1.15. The minimum Gasteiger partial charge on any atom is -0.391 e. The van der Waals surface area contributed by atoms with Crippen LogP contribution in [-0.4, -0.2) is 77.7 Å². The number of ether oxygens (including phenoxy) is 1. The van der Waals surface area contributed by atoms with Crippen molar-refractivity contribution >= 4 is 34.7 Å². The third-order valence-corrected chi connectivity index (χ3v) is 4.71. The van der Waals surface area contributed by atoms with Crippen LogP contribution in [0.5, 0.6) is 0 Å². The molecule has 0 aliphatic carbocycles. The highest BCUT2D eigenvalue weighted by Crippen LogP contribution is 2.33. The molecule has 2 aromatic rings. The molecule has 1 fully saturated rings. The van der Waals surface area contributed by atoms with Crippen molar-refractivity contribution in [2.24, 2.45) is 0 Å². The third-order valence-electron chi connectivity index (χ3n) is 4.04. The molecule has 140 valence electrons. The van der Waals surface area contributed by atoms with Gasteiger partial charge in [0.1, 0.15) is 18.5 Å². The van der Waals surface area contributed by atoms with Gasteiger partial charge in [-0.3, -0.25) is 9.36 Å². The molecule has 3 heterocycles. The number of carbonyl (C=O) groups excluding carboxylic acids is 1. The number of carbonyl (C=O) groups is 1. The summed E-state index contributed by atoms with van der Waals surface area (Å²) in [5.41, 5.74) is 0.588. The molecule has 1 unspecified atom stereocenters. The van der Waals surface area contributed by atoms with Gasteiger partial charge in [0.25, 0.3) is 5.91 Å². The van der Waals surface area contributed by atoms with Gasteiger partial charge >= 0.3 is 0 Å². The quantitative estimate of drug-likeness (QED) is 0.477. The number of imidazole rings is 1. The maximum absolute atomic E-state index is 11.9. The van der Waals surface area contributed by atoms with Crippen molar-refractivity contribution in [2.45, 2.75) is 24.5 Å². The number of nitrogens with zero attached hydrogens (tertiary/aromatic N) is 4. The molecule has 1 saturated heterocycles. The van der Waals surface area contributed by atoms with Gasteiger partial charge in [0, 0.05) is 11.3 Å². The smallest absolute Gasteiger partial charge is 0.254 e. The molecule has 10 nitrogen and oxygen atoms in total. The number of fused-ring (bicyclic) bond motifs is 1. The van der Waals surface area contributed by atoms with Gasteiger partial charge in [0.2, 0.25) is 0 Å². The summed E-state index contributed by atoms with van der Waals surface area (Å²) in [7, 11) is 0. The molecular formula is C15H19N5O5S. The first-order valence-electron chi connectivity index (χ1n) is 7.76. The van der Waals surface area contributed by atoms with Crippen LogP contribution in [0.2, 0.25) is 0 Å². The summed E-state index contributed by atoms with van der Waals surface area (Å²) >= 11 is 1.50. The molecule has 0 saturated carbocycles. The Bertz CT molecular complexity index is 828. The normalized spacial score (nSPS) is 25.5. The Balaban J connectivity index is 1.91. The first-order chi connectivity index (χ1) is 12.5. The number of aliphatic hydroxyl groups is 3. The molecule has 0 spiro atoms. The predicted octanol–water partition coefficient (Wildman–Crippen LogP) is -0.705. The fourth-order valence-corrected chi connectivity index (χ4v) is 3.26. The third kappa shape index (κ3) is 3.31. The summed E-state index contributed by atoms with van der Waals surface area (Å²) in [4.78, 5) is 24.2. The molecule has 1 amide bonds. The first-order valence-corrected chi connectivity index (χ1v) is 9.15. The van der Waals surface area contributed by atoms with Gasteiger partial charge in [-0.1, -0.05) is 6.58 Å². The Hall–Kier alpha value is -2.05. The minimum absolute atomic E-state index is 0.0197. The molecule has 1 aliphatic heterocycles. The van der Waals surface area contributed by atoms with E-state index in [1.165, 1.54) is 29.0 Å². The monoisotopic (exact) mass is 381 g/mol. The Morgan fingerprint density at radius 2 is 2.15 bits per heavy atom. The van der Waals surface area contributed by atoms with E-state index in [9.17, 15) is 15.0 Å². The van der Waals surface area contributed by atoms with Gasteiger partial charge in [0.05, 0.1) is 19.0 Å². The maximum Gasteiger partial charge on any atom is 0.254 e. The Kier molecular flexibility index (Phi) is 5.53. The lowest BCUT2D eigenvalue weighted by Crippen LogP contribution is -2.32. The number of hydrogen-bond acceptors (Lipinski definition) is 9. The fourth-order valence-electron chi connectivity index (χ4n) is 2.66. The van der Waals surface area contributed by atoms with Crippen LogP contribution in [0.15, 0.2) is 24.8 Å². The lowest BCUT2D eigenvalue weighted by molar-refractivity contribution is -0.113. The van der Waals surface area contributed by atoms with Crippen LogP contribution in [0, 0.1) is 0 Å². The molecule has 2 aromatic heterocycles. The van der Waals surface area contributed by atoms with Gasteiger partial charge in [0.15, 0.2) is 23.2 Å². The highest BCUT2D eigenvalue weighted by atomic mass is 32.2. The van der Waals surface area contributed by atoms with Crippen LogP contribution in [0.25, 0.3) is 11.2 Å². The van der Waals surface area contributed by atoms with Crippen molar-refractivity contribution in [3.63, 3.8) is 0 Å². The van der Waals surface area contributed by atoms with Gasteiger partial charge < -0.3 is 25.4 Å². The van der Waals surface area contributed by atoms with E-state index < -0.39 is 37.1 Å². The molecule has 3 rings (SSSR count). The van der Waals surface area contributed by atoms with Gasteiger partial charge in [-0.25, -0.2) is 15.0 Å². The van der Waals surface area contributed by atoms with Crippen molar-refractivity contribution in [1.82, 2.24) is 19.5 Å². The molecule has 4 atom stereocenters. The average molecular weight is 381 g/mol. The Morgan fingerprint density at radius 3 is 2.85 bits per heavy atom. The van der Waals surface area contributed by atoms with Crippen molar-refractivity contribution in [2.75, 3.05) is 23.9 Å². The number of aromatic nitrogens is 4. The molecule has 0 aromatic carbocycles. The Morgan fingerprint density at radius 1 is 1.38 bits per heavy atom. The molecule has 4 N–H and O–H groups in total. The zero-order valence-electron chi connectivity index (χ0n) is 13.9. The number of amides is 1. The number of thioether (sulfide) groups is 1. The number of rotatable bonds is 6. The second-order valence-electron chi connectivity index (χ2n) is 5.76. The molecular weight excluding hydrogens is 362 g/mol. The van der Waals surface area contributed by atoms with Gasteiger partial charge in [-0.15, -0.1) is 0 Å². The van der Waals surface area contributed by atoms with E-state index >= 15 is 0 Å². The van der Waals surface area contributed by atoms with Gasteiger partial charge in [-0.2, -0.15) is 11.8 Å². The molecule has 11 heteroatoms. The fraction of sp³-hybridized carbons (Fsp3) is 0.467. The average Bonchev–Trinajstić information content (AvgIpc) is 3.18. The number of hydrogen-bond donors (Lipinski definition) is 4. The summed E-state index contributed by atoms with van der Waals surface area (Å²) in [5, 5.41) is 32.0. The Labute approximate surface area is 152 Å². The molecule has 0 bridgehead atoms. The lowest BCUT2D eigenvalue weighted by Gasteiger charge is -2.16. The summed E-state index contributed by atoms with van der Waals surface area (Å²) in [6, 6.07) is 0. The van der Waals surface area contributed by atoms with Crippen molar-refractivity contribution in [1.29, 1.82) is 0 Å².